The number of ether oxygens (including phenoxy) is 2. The number of piperidine rings is 1. The van der Waals surface area contributed by atoms with Gasteiger partial charge in [0.1, 0.15) is 23.9 Å². The number of anilines is 1. The van der Waals surface area contributed by atoms with E-state index in [4.69, 9.17) is 9.47 Å². The molecule has 278 valence electrons. The van der Waals surface area contributed by atoms with Crippen LogP contribution in [0, 0.1) is 24.2 Å². The molecular formula is C43H44N4O7. The number of carboxylic acid groups (broad SMARTS) is 1. The molecule has 3 aliphatic heterocycles. The molecular weight excluding hydrogens is 684 g/mol. The minimum atomic E-state index is -1.03. The predicted octanol–water partition coefficient (Wildman–Crippen LogP) is 6.45. The number of likely N-dealkylation sites (N-methyl/N-ethyl adjacent to an activating group) is 1. The van der Waals surface area contributed by atoms with E-state index in [1.807, 2.05) is 56.5 Å². The van der Waals surface area contributed by atoms with Crippen LogP contribution in [0.15, 0.2) is 48.7 Å². The fourth-order valence-corrected chi connectivity index (χ4v) is 10.5. The first-order chi connectivity index (χ1) is 25.6. The number of carboxylic acids is 1. The number of nitrogens with zero attached hydrogens (tertiary/aromatic N) is 4. The Labute approximate surface area is 313 Å². The standard InChI is InChI=1S/C43H44N4O7/c1-21(28-18-34(49)38-35-30(28)17-32-31-7-8-33(48)39(53-38)43(31,35)10-12-45(32)6)36-22(2)29(40(50)51)16-27-15-26(20-47(27)36)24-13-23-9-11-46(37(23)25(14-24)19-44)41(52)54-42(3,4)5/h7-8,13-16,18,20-21,31-33,39,48-49H,9-12,17H2,1-6H3,(H,50,51)/t21?,31-,32+,33-,39-,43-/m0/s1. The van der Waals surface area contributed by atoms with Crippen molar-refractivity contribution in [2.24, 2.45) is 5.92 Å². The van der Waals surface area contributed by atoms with Gasteiger partial charge in [0.25, 0.3) is 0 Å². The lowest BCUT2D eigenvalue weighted by Gasteiger charge is -2.56. The molecule has 2 aromatic carbocycles. The molecule has 5 heterocycles. The number of amides is 1. The van der Waals surface area contributed by atoms with Crippen LogP contribution in [0.5, 0.6) is 11.5 Å². The second-order valence-electron chi connectivity index (χ2n) is 16.8. The SMILES string of the molecule is Cc1c(C(=O)O)cc2cc(-c3cc(C#N)c4c(c3)CCN4C(=O)OC(C)(C)C)cn2c1C(C)c1cc(O)c2c3c1C[C@@H]1[C@@H]4C=C[C@H](O)[C@H](O2)[C@]34CCN1C. The lowest BCUT2D eigenvalue weighted by molar-refractivity contribution is -0.0454. The zero-order chi connectivity index (χ0) is 38.2. The number of aliphatic hydroxyl groups excluding tert-OH is 1. The van der Waals surface area contributed by atoms with E-state index in [-0.39, 0.29) is 29.2 Å². The summed E-state index contributed by atoms with van der Waals surface area (Å²) < 4.78 is 14.2. The van der Waals surface area contributed by atoms with Gasteiger partial charge in [-0.1, -0.05) is 19.1 Å². The highest BCUT2D eigenvalue weighted by atomic mass is 16.6. The van der Waals surface area contributed by atoms with Crippen molar-refractivity contribution in [3.05, 3.63) is 93.3 Å². The normalized spacial score (nSPS) is 25.6. The number of fused-ring (bicyclic) bond motifs is 2. The molecule has 1 amide bonds. The number of aliphatic hydroxyl groups is 1. The van der Waals surface area contributed by atoms with Crippen molar-refractivity contribution in [3.8, 4) is 28.7 Å². The Hall–Kier alpha value is -5.31. The zero-order valence-electron chi connectivity index (χ0n) is 31.3. The average molecular weight is 729 g/mol. The van der Waals surface area contributed by atoms with Gasteiger partial charge in [-0.3, -0.25) is 4.90 Å². The van der Waals surface area contributed by atoms with Gasteiger partial charge in [-0.05, 0) is 119 Å². The second-order valence-corrected chi connectivity index (χ2v) is 16.8. The number of hydrogen-bond donors (Lipinski definition) is 3. The summed E-state index contributed by atoms with van der Waals surface area (Å²) in [6.07, 6.45) is 6.28. The zero-order valence-corrected chi connectivity index (χ0v) is 31.3. The molecule has 6 atom stereocenters. The molecule has 11 heteroatoms. The molecule has 2 aromatic heterocycles. The Balaban J connectivity index is 1.19. The second kappa shape index (κ2) is 11.6. The molecule has 3 N–H and O–H groups in total. The quantitative estimate of drug-likeness (QED) is 0.202. The number of carbonyl (C=O) groups is 2. The summed E-state index contributed by atoms with van der Waals surface area (Å²) in [5.41, 5.74) is 7.49. The van der Waals surface area contributed by atoms with Gasteiger partial charge in [0, 0.05) is 58.4 Å². The fraction of sp³-hybridized carbons (Fsp3) is 0.419. The average Bonchev–Trinajstić information content (AvgIpc) is 3.83. The molecule has 0 saturated carbocycles. The van der Waals surface area contributed by atoms with E-state index in [0.29, 0.717) is 41.0 Å². The van der Waals surface area contributed by atoms with Gasteiger partial charge in [-0.2, -0.15) is 5.26 Å². The highest BCUT2D eigenvalue weighted by molar-refractivity contribution is 5.94. The topological polar surface area (TPSA) is 148 Å². The summed E-state index contributed by atoms with van der Waals surface area (Å²) in [5.74, 6) is -0.769. The van der Waals surface area contributed by atoms with Crippen LogP contribution in [0.25, 0.3) is 16.6 Å². The Morgan fingerprint density at radius 1 is 1.11 bits per heavy atom. The van der Waals surface area contributed by atoms with Gasteiger partial charge in [0.2, 0.25) is 0 Å². The van der Waals surface area contributed by atoms with Crippen molar-refractivity contribution >= 4 is 23.3 Å². The molecule has 1 fully saturated rings. The summed E-state index contributed by atoms with van der Waals surface area (Å²) in [4.78, 5) is 29.8. The van der Waals surface area contributed by atoms with Crippen LogP contribution in [0.2, 0.25) is 0 Å². The molecule has 1 saturated heterocycles. The maximum atomic E-state index is 13.1. The van der Waals surface area contributed by atoms with Gasteiger partial charge in [0.15, 0.2) is 11.5 Å². The van der Waals surface area contributed by atoms with Gasteiger partial charge in [0.05, 0.1) is 16.8 Å². The van der Waals surface area contributed by atoms with Gasteiger partial charge in [-0.15, -0.1) is 0 Å². The van der Waals surface area contributed by atoms with E-state index in [1.165, 1.54) is 4.90 Å². The number of carbonyl (C=O) groups excluding carboxylic acids is 1. The third-order valence-electron chi connectivity index (χ3n) is 12.7. The van der Waals surface area contributed by atoms with Crippen LogP contribution < -0.4 is 9.64 Å². The molecule has 1 spiro atoms. The van der Waals surface area contributed by atoms with Crippen molar-refractivity contribution in [1.82, 2.24) is 9.30 Å². The lowest BCUT2D eigenvalue weighted by atomic mass is 9.52. The molecule has 5 aliphatic rings. The Kier molecular flexibility index (Phi) is 7.40. The van der Waals surface area contributed by atoms with Crippen LogP contribution in [0.3, 0.4) is 0 Å². The molecule has 11 nitrogen and oxygen atoms in total. The number of phenols is 1. The van der Waals surface area contributed by atoms with E-state index < -0.39 is 35.3 Å². The minimum absolute atomic E-state index is 0.0294. The first-order valence-electron chi connectivity index (χ1n) is 18.7. The van der Waals surface area contributed by atoms with E-state index in [1.54, 1.807) is 18.2 Å². The van der Waals surface area contributed by atoms with Crippen LogP contribution in [-0.4, -0.2) is 80.7 Å². The molecule has 0 radical (unpaired) electrons. The number of aromatic carboxylic acids is 1. The summed E-state index contributed by atoms with van der Waals surface area (Å²) in [6, 6.07) is 11.6. The van der Waals surface area contributed by atoms with E-state index >= 15 is 0 Å². The number of aromatic nitrogens is 1. The maximum absolute atomic E-state index is 13.1. The molecule has 2 aliphatic carbocycles. The van der Waals surface area contributed by atoms with Crippen molar-refractivity contribution in [2.75, 3.05) is 25.0 Å². The highest BCUT2D eigenvalue weighted by Gasteiger charge is 2.64. The number of rotatable bonds is 4. The van der Waals surface area contributed by atoms with Crippen LogP contribution in [-0.2, 0) is 23.0 Å². The third-order valence-corrected chi connectivity index (χ3v) is 12.7. The third kappa shape index (κ3) is 4.72. The molecule has 2 bridgehead atoms. The van der Waals surface area contributed by atoms with E-state index in [0.717, 1.165) is 58.5 Å². The van der Waals surface area contributed by atoms with Crippen molar-refractivity contribution in [3.63, 3.8) is 0 Å². The Morgan fingerprint density at radius 2 is 1.89 bits per heavy atom. The highest BCUT2D eigenvalue weighted by Crippen LogP contribution is 2.63. The van der Waals surface area contributed by atoms with Crippen LogP contribution in [0.1, 0.15) is 89.5 Å². The Morgan fingerprint density at radius 3 is 2.61 bits per heavy atom. The van der Waals surface area contributed by atoms with Gasteiger partial charge >= 0.3 is 12.1 Å². The summed E-state index contributed by atoms with van der Waals surface area (Å²) in [7, 11) is 2.15. The minimum Gasteiger partial charge on any atom is -0.504 e. The van der Waals surface area contributed by atoms with Gasteiger partial charge in [-0.25, -0.2) is 9.59 Å². The number of benzene rings is 2. The molecule has 4 aromatic rings. The predicted molar refractivity (Wildman–Crippen MR) is 202 cm³/mol. The molecule has 1 unspecified atom stereocenters. The number of aromatic hydroxyl groups is 1. The van der Waals surface area contributed by atoms with Gasteiger partial charge < -0.3 is 34.1 Å². The first kappa shape index (κ1) is 34.5. The molecule has 9 rings (SSSR count). The van der Waals surface area contributed by atoms with Crippen molar-refractivity contribution < 1.29 is 34.4 Å². The summed E-state index contributed by atoms with van der Waals surface area (Å²) in [6.45, 7) is 10.6. The number of nitriles is 1. The summed E-state index contributed by atoms with van der Waals surface area (Å²) in [5, 5.41) is 43.5. The monoisotopic (exact) mass is 728 g/mol. The number of phenolic OH excluding ortho intramolecular Hbond substituents is 1. The summed E-state index contributed by atoms with van der Waals surface area (Å²) >= 11 is 0. The van der Waals surface area contributed by atoms with Crippen LogP contribution >= 0.6 is 0 Å². The van der Waals surface area contributed by atoms with E-state index in [2.05, 4.69) is 31.0 Å². The number of likely N-dealkylation sites (tertiary alicyclic amines) is 1. The van der Waals surface area contributed by atoms with E-state index in [9.17, 15) is 30.2 Å². The number of hydrogen-bond acceptors (Lipinski definition) is 8. The largest absolute Gasteiger partial charge is 0.504 e. The fourth-order valence-electron chi connectivity index (χ4n) is 10.5. The first-order valence-corrected chi connectivity index (χ1v) is 18.7. The maximum Gasteiger partial charge on any atom is 0.414 e. The van der Waals surface area contributed by atoms with Crippen molar-refractivity contribution in [2.45, 2.75) is 89.1 Å². The van der Waals surface area contributed by atoms with Crippen molar-refractivity contribution in [1.29, 1.82) is 5.26 Å². The lowest BCUT2D eigenvalue weighted by Crippen LogP contribution is -2.64. The Bertz CT molecular complexity index is 2400. The van der Waals surface area contributed by atoms with Crippen LogP contribution in [0.4, 0.5) is 10.5 Å². The molecule has 54 heavy (non-hydrogen) atoms. The smallest absolute Gasteiger partial charge is 0.414 e. The number of pyridine rings is 1.